The molecule has 21 heavy (non-hydrogen) atoms. The zero-order valence-corrected chi connectivity index (χ0v) is 12.8. The molecule has 2 aromatic rings. The van der Waals surface area contributed by atoms with E-state index in [-0.39, 0.29) is 5.89 Å². The third kappa shape index (κ3) is 3.86. The van der Waals surface area contributed by atoms with E-state index >= 15 is 0 Å². The van der Waals surface area contributed by atoms with E-state index in [1.54, 1.807) is 0 Å². The Hall–Kier alpha value is -1.33. The summed E-state index contributed by atoms with van der Waals surface area (Å²) in [4.78, 5) is 4.32. The summed E-state index contributed by atoms with van der Waals surface area (Å²) < 4.78 is 5.20. The van der Waals surface area contributed by atoms with Gasteiger partial charge in [-0.25, -0.2) is 0 Å². The molecule has 0 radical (unpaired) electrons. The van der Waals surface area contributed by atoms with Crippen LogP contribution in [0.3, 0.4) is 0 Å². The van der Waals surface area contributed by atoms with Crippen molar-refractivity contribution in [1.29, 1.82) is 0 Å². The van der Waals surface area contributed by atoms with Gasteiger partial charge in [0.1, 0.15) is 0 Å². The van der Waals surface area contributed by atoms with Gasteiger partial charge in [-0.15, -0.1) is 0 Å². The highest BCUT2D eigenvalue weighted by atomic mass is 32.2. The lowest BCUT2D eigenvalue weighted by Gasteiger charge is -2.19. The van der Waals surface area contributed by atoms with E-state index in [1.807, 2.05) is 42.1 Å². The first-order valence-electron chi connectivity index (χ1n) is 7.50. The first-order chi connectivity index (χ1) is 10.3. The normalized spacial score (nSPS) is 17.8. The van der Waals surface area contributed by atoms with Crippen molar-refractivity contribution < 1.29 is 9.63 Å². The molecule has 3 rings (SSSR count). The molecule has 1 aliphatic rings. The molecule has 112 valence electrons. The number of thioether (sulfide) groups is 1. The number of aromatic nitrogens is 2. The van der Waals surface area contributed by atoms with Crippen LogP contribution in [0.2, 0.25) is 0 Å². The summed E-state index contributed by atoms with van der Waals surface area (Å²) in [5.74, 6) is 1.71. The van der Waals surface area contributed by atoms with Crippen molar-refractivity contribution in [2.45, 2.75) is 49.2 Å². The SMILES string of the molecule is OC(c1ccccc1)c1nc(CSC2CCCCC2)no1. The van der Waals surface area contributed by atoms with Gasteiger partial charge in [0.2, 0.25) is 0 Å². The molecule has 0 bridgehead atoms. The van der Waals surface area contributed by atoms with Gasteiger partial charge in [0, 0.05) is 5.25 Å². The Morgan fingerprint density at radius 2 is 1.95 bits per heavy atom. The minimum Gasteiger partial charge on any atom is -0.378 e. The standard InChI is InChI=1S/C16H20N2O2S/c19-15(12-7-3-1-4-8-12)16-17-14(18-20-16)11-21-13-9-5-2-6-10-13/h1,3-4,7-8,13,15,19H,2,5-6,9-11H2. The van der Waals surface area contributed by atoms with Crippen molar-refractivity contribution in [3.8, 4) is 0 Å². The molecule has 0 spiro atoms. The van der Waals surface area contributed by atoms with Crippen LogP contribution in [-0.2, 0) is 5.75 Å². The summed E-state index contributed by atoms with van der Waals surface area (Å²) in [5.41, 5.74) is 0.771. The summed E-state index contributed by atoms with van der Waals surface area (Å²) in [6.07, 6.45) is 5.78. The van der Waals surface area contributed by atoms with Gasteiger partial charge in [-0.1, -0.05) is 54.8 Å². The van der Waals surface area contributed by atoms with Gasteiger partial charge in [0.05, 0.1) is 5.75 Å². The van der Waals surface area contributed by atoms with E-state index in [1.165, 1.54) is 32.1 Å². The van der Waals surface area contributed by atoms with Gasteiger partial charge in [0.15, 0.2) is 11.9 Å². The summed E-state index contributed by atoms with van der Waals surface area (Å²) in [6.45, 7) is 0. The smallest absolute Gasteiger partial charge is 0.260 e. The van der Waals surface area contributed by atoms with Gasteiger partial charge < -0.3 is 9.63 Å². The second-order valence-electron chi connectivity index (χ2n) is 5.43. The number of hydrogen-bond acceptors (Lipinski definition) is 5. The van der Waals surface area contributed by atoms with E-state index < -0.39 is 6.10 Å². The van der Waals surface area contributed by atoms with Crippen molar-refractivity contribution in [2.75, 3.05) is 0 Å². The highest BCUT2D eigenvalue weighted by molar-refractivity contribution is 7.99. The van der Waals surface area contributed by atoms with Crippen LogP contribution in [-0.4, -0.2) is 20.5 Å². The predicted molar refractivity (Wildman–Crippen MR) is 83.0 cm³/mol. The molecule has 1 atom stereocenters. The van der Waals surface area contributed by atoms with Gasteiger partial charge in [-0.3, -0.25) is 0 Å². The van der Waals surface area contributed by atoms with E-state index in [9.17, 15) is 5.11 Å². The van der Waals surface area contributed by atoms with Crippen LogP contribution in [0.15, 0.2) is 34.9 Å². The van der Waals surface area contributed by atoms with Crippen LogP contribution >= 0.6 is 11.8 Å². The third-order valence-electron chi connectivity index (χ3n) is 3.83. The van der Waals surface area contributed by atoms with Gasteiger partial charge in [-0.05, 0) is 18.4 Å². The summed E-state index contributed by atoms with van der Waals surface area (Å²) in [7, 11) is 0. The molecule has 1 saturated carbocycles. The summed E-state index contributed by atoms with van der Waals surface area (Å²) in [5, 5.41) is 14.9. The Kier molecular flexibility index (Phi) is 4.93. The van der Waals surface area contributed by atoms with Crippen LogP contribution in [0.5, 0.6) is 0 Å². The Labute approximate surface area is 129 Å². The van der Waals surface area contributed by atoms with E-state index in [0.717, 1.165) is 16.6 Å². The maximum Gasteiger partial charge on any atom is 0.260 e. The third-order valence-corrected chi connectivity index (χ3v) is 5.20. The predicted octanol–water partition coefficient (Wildman–Crippen LogP) is 3.72. The molecule has 1 N–H and O–H groups in total. The van der Waals surface area contributed by atoms with Crippen LogP contribution in [0.1, 0.15) is 55.5 Å². The van der Waals surface area contributed by atoms with E-state index in [4.69, 9.17) is 4.52 Å². The Morgan fingerprint density at radius 3 is 2.71 bits per heavy atom. The fourth-order valence-electron chi connectivity index (χ4n) is 2.64. The average molecular weight is 304 g/mol. The largest absolute Gasteiger partial charge is 0.378 e. The molecule has 1 heterocycles. The Morgan fingerprint density at radius 1 is 1.19 bits per heavy atom. The quantitative estimate of drug-likeness (QED) is 0.912. The van der Waals surface area contributed by atoms with Crippen molar-refractivity contribution in [2.24, 2.45) is 0 Å². The summed E-state index contributed by atoms with van der Waals surface area (Å²) in [6, 6.07) is 9.39. The van der Waals surface area contributed by atoms with Crippen LogP contribution in [0.25, 0.3) is 0 Å². The molecule has 0 aliphatic heterocycles. The van der Waals surface area contributed by atoms with Gasteiger partial charge in [0.25, 0.3) is 5.89 Å². The van der Waals surface area contributed by atoms with E-state index in [0.29, 0.717) is 5.82 Å². The molecule has 4 nitrogen and oxygen atoms in total. The average Bonchev–Trinajstić information content (AvgIpc) is 3.03. The molecule has 1 aromatic carbocycles. The highest BCUT2D eigenvalue weighted by Gasteiger charge is 2.19. The zero-order valence-electron chi connectivity index (χ0n) is 11.9. The highest BCUT2D eigenvalue weighted by Crippen LogP contribution is 2.30. The minimum absolute atomic E-state index is 0.278. The molecular formula is C16H20N2O2S. The van der Waals surface area contributed by atoms with Crippen molar-refractivity contribution in [1.82, 2.24) is 10.1 Å². The molecule has 0 saturated heterocycles. The summed E-state index contributed by atoms with van der Waals surface area (Å²) >= 11 is 1.90. The zero-order chi connectivity index (χ0) is 14.5. The molecule has 1 aliphatic carbocycles. The number of rotatable bonds is 5. The molecular weight excluding hydrogens is 284 g/mol. The molecule has 0 amide bonds. The number of benzene rings is 1. The maximum absolute atomic E-state index is 10.2. The minimum atomic E-state index is -0.841. The van der Waals surface area contributed by atoms with Crippen LogP contribution < -0.4 is 0 Å². The maximum atomic E-state index is 10.2. The Balaban J connectivity index is 1.58. The fourth-order valence-corrected chi connectivity index (χ4v) is 3.81. The number of hydrogen-bond donors (Lipinski definition) is 1. The van der Waals surface area contributed by atoms with Crippen molar-refractivity contribution in [3.05, 3.63) is 47.6 Å². The first-order valence-corrected chi connectivity index (χ1v) is 8.55. The molecule has 1 fully saturated rings. The van der Waals surface area contributed by atoms with Crippen LogP contribution in [0, 0.1) is 0 Å². The lowest BCUT2D eigenvalue weighted by Crippen LogP contribution is -2.08. The molecule has 1 unspecified atom stereocenters. The Bertz CT molecular complexity index is 552. The lowest BCUT2D eigenvalue weighted by atomic mass is 10.0. The monoisotopic (exact) mass is 304 g/mol. The van der Waals surface area contributed by atoms with Crippen molar-refractivity contribution >= 4 is 11.8 Å². The van der Waals surface area contributed by atoms with Gasteiger partial charge in [-0.2, -0.15) is 16.7 Å². The van der Waals surface area contributed by atoms with Crippen LogP contribution in [0.4, 0.5) is 0 Å². The van der Waals surface area contributed by atoms with E-state index in [2.05, 4.69) is 10.1 Å². The fraction of sp³-hybridized carbons (Fsp3) is 0.500. The first kappa shape index (κ1) is 14.6. The topological polar surface area (TPSA) is 59.2 Å². The number of aliphatic hydroxyl groups excluding tert-OH is 1. The number of nitrogens with zero attached hydrogens (tertiary/aromatic N) is 2. The molecule has 5 heteroatoms. The molecule has 1 aromatic heterocycles. The van der Waals surface area contributed by atoms with Crippen molar-refractivity contribution in [3.63, 3.8) is 0 Å². The second-order valence-corrected chi connectivity index (χ2v) is 6.72. The van der Waals surface area contributed by atoms with Gasteiger partial charge >= 0.3 is 0 Å². The lowest BCUT2D eigenvalue weighted by molar-refractivity contribution is 0.170. The number of aliphatic hydroxyl groups is 1. The second kappa shape index (κ2) is 7.09.